The lowest BCUT2D eigenvalue weighted by molar-refractivity contribution is -0.121. The standard InChI is InChI=1S/C21H22N2O4/c1-13-3-8-17-18(11-13)21(27)23(20(17)26)10-9-19(25)22-12-15-4-6-16(7-5-15)14(2)24/h3-8,11,14,24H,9-10,12H2,1-2H3,(H,22,25)/t14-/m1/s1. The SMILES string of the molecule is Cc1ccc2c(c1)C(=O)N(CCC(=O)NCc1ccc([C@@H](C)O)cc1)C2=O. The largest absolute Gasteiger partial charge is 0.389 e. The lowest BCUT2D eigenvalue weighted by Gasteiger charge is -2.13. The van der Waals surface area contributed by atoms with Gasteiger partial charge in [0.1, 0.15) is 0 Å². The first-order valence-corrected chi connectivity index (χ1v) is 8.87. The smallest absolute Gasteiger partial charge is 0.261 e. The molecule has 6 heteroatoms. The third-order valence-electron chi connectivity index (χ3n) is 4.64. The second-order valence-electron chi connectivity index (χ2n) is 6.76. The van der Waals surface area contributed by atoms with Gasteiger partial charge in [-0.2, -0.15) is 0 Å². The zero-order valence-electron chi connectivity index (χ0n) is 15.4. The van der Waals surface area contributed by atoms with E-state index < -0.39 is 6.10 Å². The molecule has 1 aliphatic rings. The molecule has 2 N–H and O–H groups in total. The second-order valence-corrected chi connectivity index (χ2v) is 6.76. The molecule has 0 aromatic heterocycles. The van der Waals surface area contributed by atoms with Crippen molar-refractivity contribution >= 4 is 17.7 Å². The molecule has 3 rings (SSSR count). The van der Waals surface area contributed by atoms with Crippen molar-refractivity contribution in [1.29, 1.82) is 0 Å². The molecule has 6 nitrogen and oxygen atoms in total. The Kier molecular flexibility index (Phi) is 5.37. The van der Waals surface area contributed by atoms with Crippen molar-refractivity contribution in [2.45, 2.75) is 32.9 Å². The summed E-state index contributed by atoms with van der Waals surface area (Å²) < 4.78 is 0. The van der Waals surface area contributed by atoms with Crippen molar-refractivity contribution in [3.05, 3.63) is 70.3 Å². The van der Waals surface area contributed by atoms with Crippen molar-refractivity contribution < 1.29 is 19.5 Å². The van der Waals surface area contributed by atoms with E-state index in [-0.39, 0.29) is 30.7 Å². The predicted molar refractivity (Wildman–Crippen MR) is 100 cm³/mol. The van der Waals surface area contributed by atoms with E-state index >= 15 is 0 Å². The highest BCUT2D eigenvalue weighted by molar-refractivity contribution is 6.21. The molecule has 0 radical (unpaired) electrons. The van der Waals surface area contributed by atoms with Crippen LogP contribution < -0.4 is 5.32 Å². The highest BCUT2D eigenvalue weighted by Crippen LogP contribution is 2.23. The Morgan fingerprint density at radius 3 is 2.41 bits per heavy atom. The van der Waals surface area contributed by atoms with Crippen molar-refractivity contribution in [3.63, 3.8) is 0 Å². The summed E-state index contributed by atoms with van der Waals surface area (Å²) in [5.41, 5.74) is 3.42. The summed E-state index contributed by atoms with van der Waals surface area (Å²) in [6.07, 6.45) is -0.479. The number of aliphatic hydroxyl groups excluding tert-OH is 1. The van der Waals surface area contributed by atoms with Gasteiger partial charge in [0.2, 0.25) is 5.91 Å². The fourth-order valence-electron chi connectivity index (χ4n) is 3.02. The molecule has 0 saturated carbocycles. The van der Waals surface area contributed by atoms with Gasteiger partial charge in [-0.15, -0.1) is 0 Å². The van der Waals surface area contributed by atoms with E-state index in [0.29, 0.717) is 17.7 Å². The van der Waals surface area contributed by atoms with Gasteiger partial charge in [0.25, 0.3) is 11.8 Å². The molecule has 27 heavy (non-hydrogen) atoms. The van der Waals surface area contributed by atoms with Crippen LogP contribution in [0.5, 0.6) is 0 Å². The topological polar surface area (TPSA) is 86.7 Å². The van der Waals surface area contributed by atoms with E-state index in [1.54, 1.807) is 25.1 Å². The molecule has 2 aromatic carbocycles. The molecule has 0 spiro atoms. The second kappa shape index (κ2) is 7.72. The number of fused-ring (bicyclic) bond motifs is 1. The number of benzene rings is 2. The lowest BCUT2D eigenvalue weighted by Crippen LogP contribution is -2.34. The van der Waals surface area contributed by atoms with Gasteiger partial charge in [-0.3, -0.25) is 19.3 Å². The summed E-state index contributed by atoms with van der Waals surface area (Å²) in [4.78, 5) is 38.0. The van der Waals surface area contributed by atoms with Crippen LogP contribution >= 0.6 is 0 Å². The quantitative estimate of drug-likeness (QED) is 0.769. The van der Waals surface area contributed by atoms with Crippen LogP contribution in [0.25, 0.3) is 0 Å². The lowest BCUT2D eigenvalue weighted by atomic mass is 10.1. The van der Waals surface area contributed by atoms with Crippen LogP contribution in [0, 0.1) is 6.92 Å². The van der Waals surface area contributed by atoms with E-state index in [4.69, 9.17) is 0 Å². The number of nitrogens with one attached hydrogen (secondary N) is 1. The van der Waals surface area contributed by atoms with Crippen LogP contribution in [0.2, 0.25) is 0 Å². The first kappa shape index (κ1) is 18.8. The number of imide groups is 1. The zero-order chi connectivity index (χ0) is 19.6. The molecule has 1 atom stereocenters. The van der Waals surface area contributed by atoms with Gasteiger partial charge < -0.3 is 10.4 Å². The zero-order valence-corrected chi connectivity index (χ0v) is 15.4. The third-order valence-corrected chi connectivity index (χ3v) is 4.64. The van der Waals surface area contributed by atoms with Crippen LogP contribution in [-0.4, -0.2) is 34.3 Å². The number of carbonyl (C=O) groups excluding carboxylic acids is 3. The number of amides is 3. The molecule has 0 fully saturated rings. The monoisotopic (exact) mass is 366 g/mol. The summed E-state index contributed by atoms with van der Waals surface area (Å²) in [7, 11) is 0. The minimum atomic E-state index is -0.530. The Balaban J connectivity index is 1.52. The van der Waals surface area contributed by atoms with Gasteiger partial charge >= 0.3 is 0 Å². The number of nitrogens with zero attached hydrogens (tertiary/aromatic N) is 1. The van der Waals surface area contributed by atoms with Crippen molar-refractivity contribution in [2.24, 2.45) is 0 Å². The maximum atomic E-state index is 12.4. The van der Waals surface area contributed by atoms with Crippen LogP contribution in [-0.2, 0) is 11.3 Å². The van der Waals surface area contributed by atoms with E-state index in [9.17, 15) is 19.5 Å². The number of hydrogen-bond donors (Lipinski definition) is 2. The van der Waals surface area contributed by atoms with Gasteiger partial charge in [0, 0.05) is 19.5 Å². The van der Waals surface area contributed by atoms with Crippen LogP contribution in [0.3, 0.4) is 0 Å². The molecule has 1 heterocycles. The minimum absolute atomic E-state index is 0.0518. The Morgan fingerprint density at radius 2 is 1.74 bits per heavy atom. The Hall–Kier alpha value is -2.99. The van der Waals surface area contributed by atoms with E-state index in [1.807, 2.05) is 31.2 Å². The molecule has 0 saturated heterocycles. The number of hydrogen-bond acceptors (Lipinski definition) is 4. The Labute approximate surface area is 157 Å². The van der Waals surface area contributed by atoms with Gasteiger partial charge in [-0.05, 0) is 37.1 Å². The molecule has 2 aromatic rings. The van der Waals surface area contributed by atoms with E-state index in [0.717, 1.165) is 21.6 Å². The number of aryl methyl sites for hydroxylation is 1. The fraction of sp³-hybridized carbons (Fsp3) is 0.286. The summed E-state index contributed by atoms with van der Waals surface area (Å²) in [5.74, 6) is -0.931. The predicted octanol–water partition coefficient (Wildman–Crippen LogP) is 2.35. The molecular formula is C21H22N2O4. The van der Waals surface area contributed by atoms with Gasteiger partial charge in [-0.25, -0.2) is 0 Å². The molecular weight excluding hydrogens is 344 g/mol. The van der Waals surface area contributed by atoms with Crippen LogP contribution in [0.4, 0.5) is 0 Å². The Morgan fingerprint density at radius 1 is 1.07 bits per heavy atom. The van der Waals surface area contributed by atoms with E-state index in [1.165, 1.54) is 0 Å². The number of aliphatic hydroxyl groups is 1. The number of carbonyl (C=O) groups is 3. The van der Waals surface area contributed by atoms with Crippen molar-refractivity contribution in [3.8, 4) is 0 Å². The molecule has 3 amide bonds. The Bertz CT molecular complexity index is 888. The maximum Gasteiger partial charge on any atom is 0.261 e. The maximum absolute atomic E-state index is 12.4. The summed E-state index contributed by atoms with van der Waals surface area (Å²) in [5, 5.41) is 12.3. The number of rotatable bonds is 6. The highest BCUT2D eigenvalue weighted by Gasteiger charge is 2.35. The van der Waals surface area contributed by atoms with Crippen molar-refractivity contribution in [2.75, 3.05) is 6.54 Å². The molecule has 140 valence electrons. The normalized spacial score (nSPS) is 14.3. The highest BCUT2D eigenvalue weighted by atomic mass is 16.3. The first-order chi connectivity index (χ1) is 12.9. The van der Waals surface area contributed by atoms with Gasteiger partial charge in [0.05, 0.1) is 17.2 Å². The first-order valence-electron chi connectivity index (χ1n) is 8.87. The summed E-state index contributed by atoms with van der Waals surface area (Å²) in [6, 6.07) is 12.5. The van der Waals surface area contributed by atoms with Crippen LogP contribution in [0.1, 0.15) is 56.9 Å². The average Bonchev–Trinajstić information content (AvgIpc) is 2.88. The fourth-order valence-corrected chi connectivity index (χ4v) is 3.02. The minimum Gasteiger partial charge on any atom is -0.389 e. The average molecular weight is 366 g/mol. The molecule has 0 aliphatic carbocycles. The summed E-state index contributed by atoms with van der Waals surface area (Å²) in [6.45, 7) is 3.96. The molecule has 1 aliphatic heterocycles. The van der Waals surface area contributed by atoms with Crippen molar-refractivity contribution in [1.82, 2.24) is 10.2 Å². The van der Waals surface area contributed by atoms with E-state index in [2.05, 4.69) is 5.32 Å². The molecule has 0 bridgehead atoms. The van der Waals surface area contributed by atoms with Gasteiger partial charge in [0.15, 0.2) is 0 Å². The third kappa shape index (κ3) is 4.06. The van der Waals surface area contributed by atoms with Gasteiger partial charge in [-0.1, -0.05) is 35.9 Å². The van der Waals surface area contributed by atoms with Crippen LogP contribution in [0.15, 0.2) is 42.5 Å². The molecule has 0 unspecified atom stereocenters. The summed E-state index contributed by atoms with van der Waals surface area (Å²) >= 11 is 0.